The maximum atomic E-state index is 5.44. The van der Waals surface area contributed by atoms with Crippen LogP contribution in [0.5, 0.6) is 0 Å². The number of hydrogen-bond acceptors (Lipinski definition) is 5. The van der Waals surface area contributed by atoms with Crippen LogP contribution in [0.15, 0.2) is 4.99 Å². The van der Waals surface area contributed by atoms with E-state index in [0.29, 0.717) is 12.6 Å². The number of nitrogens with zero attached hydrogens (tertiary/aromatic N) is 5. The van der Waals surface area contributed by atoms with Crippen LogP contribution in [-0.2, 0) is 18.3 Å². The zero-order chi connectivity index (χ0) is 20.6. The average Bonchev–Trinajstić information content (AvgIpc) is 3.05. The van der Waals surface area contributed by atoms with Gasteiger partial charge < -0.3 is 19.9 Å². The molecule has 8 heteroatoms. The first-order chi connectivity index (χ1) is 14.0. The van der Waals surface area contributed by atoms with Gasteiger partial charge in [0.2, 0.25) is 0 Å². The Hall–Kier alpha value is -1.67. The number of aliphatic imine (C=N–C) groups is 1. The summed E-state index contributed by atoms with van der Waals surface area (Å²) in [5.41, 5.74) is 0. The molecule has 0 atom stereocenters. The normalized spacial score (nSPS) is 24.1. The minimum atomic E-state index is 0.501. The van der Waals surface area contributed by atoms with Gasteiger partial charge in [-0.25, -0.2) is 4.99 Å². The van der Waals surface area contributed by atoms with E-state index in [1.807, 2.05) is 18.5 Å². The second-order valence-corrected chi connectivity index (χ2v) is 8.77. The Kier molecular flexibility index (Phi) is 8.29. The molecule has 1 aromatic heterocycles. The molecule has 2 N–H and O–H groups in total. The van der Waals surface area contributed by atoms with Crippen LogP contribution >= 0.6 is 0 Å². The maximum Gasteiger partial charge on any atom is 0.191 e. The fraction of sp³-hybridized carbons (Fsp3) is 0.857. The molecule has 2 aliphatic rings. The Labute approximate surface area is 175 Å². The molecule has 29 heavy (non-hydrogen) atoms. The molecule has 2 heterocycles. The van der Waals surface area contributed by atoms with Gasteiger partial charge in [-0.1, -0.05) is 13.8 Å². The number of morpholine rings is 1. The van der Waals surface area contributed by atoms with Crippen LogP contribution < -0.4 is 10.6 Å². The summed E-state index contributed by atoms with van der Waals surface area (Å²) in [5.74, 6) is 4.35. The number of ether oxygens (including phenoxy) is 1. The number of aryl methyl sites for hydroxylation is 1. The van der Waals surface area contributed by atoms with Gasteiger partial charge >= 0.3 is 0 Å². The summed E-state index contributed by atoms with van der Waals surface area (Å²) in [6.45, 7) is 12.8. The topological polar surface area (TPSA) is 79.6 Å². The summed E-state index contributed by atoms with van der Waals surface area (Å²) in [6.07, 6.45) is 5.05. The fourth-order valence-corrected chi connectivity index (χ4v) is 4.17. The van der Waals surface area contributed by atoms with Crippen molar-refractivity contribution in [2.75, 3.05) is 39.4 Å². The van der Waals surface area contributed by atoms with Crippen LogP contribution in [0, 0.1) is 18.8 Å². The third-order valence-corrected chi connectivity index (χ3v) is 6.44. The largest absolute Gasteiger partial charge is 0.379 e. The second kappa shape index (κ2) is 10.9. The molecule has 1 aliphatic heterocycles. The van der Waals surface area contributed by atoms with Crippen LogP contribution in [0.2, 0.25) is 0 Å². The minimum absolute atomic E-state index is 0.501. The average molecular weight is 406 g/mol. The number of nitrogens with one attached hydrogen (secondary N) is 2. The minimum Gasteiger partial charge on any atom is -0.379 e. The molecular formula is C21H39N7O. The summed E-state index contributed by atoms with van der Waals surface area (Å²) in [5, 5.41) is 15.6. The summed E-state index contributed by atoms with van der Waals surface area (Å²) < 4.78 is 7.44. The van der Waals surface area contributed by atoms with Gasteiger partial charge in [0.1, 0.15) is 12.4 Å². The molecule has 8 nitrogen and oxygen atoms in total. The smallest absolute Gasteiger partial charge is 0.191 e. The standard InChI is InChI=1S/C21H39N7O/c1-16(2)18-5-7-19(8-6-18)24-21(22-9-10-28-11-13-29-14-12-28)23-15-20-26-25-17(3)27(20)4/h16,18-19H,5-15H2,1-4H3,(H2,22,23,24). The third-order valence-electron chi connectivity index (χ3n) is 6.44. The first-order valence-electron chi connectivity index (χ1n) is 11.2. The van der Waals surface area contributed by atoms with Crippen LogP contribution in [0.25, 0.3) is 0 Å². The molecular weight excluding hydrogens is 366 g/mol. The number of rotatable bonds is 7. The Balaban J connectivity index is 1.54. The third kappa shape index (κ3) is 6.67. The van der Waals surface area contributed by atoms with Crippen molar-refractivity contribution in [3.8, 4) is 0 Å². The van der Waals surface area contributed by atoms with Crippen molar-refractivity contribution < 1.29 is 4.74 Å². The van der Waals surface area contributed by atoms with Crippen LogP contribution in [0.4, 0.5) is 0 Å². The first kappa shape index (κ1) is 22.0. The Bertz CT molecular complexity index is 643. The zero-order valence-electron chi connectivity index (χ0n) is 18.7. The highest BCUT2D eigenvalue weighted by molar-refractivity contribution is 5.80. The van der Waals surface area contributed by atoms with E-state index >= 15 is 0 Å². The highest BCUT2D eigenvalue weighted by Crippen LogP contribution is 2.29. The van der Waals surface area contributed by atoms with E-state index in [4.69, 9.17) is 9.73 Å². The molecule has 1 aliphatic carbocycles. The van der Waals surface area contributed by atoms with Gasteiger partial charge in [0.15, 0.2) is 11.8 Å². The Morgan fingerprint density at radius 3 is 2.52 bits per heavy atom. The lowest BCUT2D eigenvalue weighted by Gasteiger charge is -2.32. The summed E-state index contributed by atoms with van der Waals surface area (Å²) in [7, 11) is 1.99. The van der Waals surface area contributed by atoms with E-state index in [1.54, 1.807) is 0 Å². The predicted octanol–water partition coefficient (Wildman–Crippen LogP) is 1.71. The molecule has 0 amide bonds. The molecule has 1 saturated heterocycles. The number of aromatic nitrogens is 3. The Morgan fingerprint density at radius 1 is 1.17 bits per heavy atom. The fourth-order valence-electron chi connectivity index (χ4n) is 4.17. The molecule has 0 aromatic carbocycles. The SMILES string of the molecule is Cc1nnc(CN=C(NCCN2CCOCC2)NC2CCC(C(C)C)CC2)n1C. The molecule has 2 fully saturated rings. The van der Waals surface area contributed by atoms with Crippen molar-refractivity contribution in [1.82, 2.24) is 30.3 Å². The van der Waals surface area contributed by atoms with Crippen LogP contribution in [-0.4, -0.2) is 71.1 Å². The van der Waals surface area contributed by atoms with Crippen molar-refractivity contribution >= 4 is 5.96 Å². The highest BCUT2D eigenvalue weighted by Gasteiger charge is 2.24. The Morgan fingerprint density at radius 2 is 1.90 bits per heavy atom. The molecule has 1 saturated carbocycles. The predicted molar refractivity (Wildman–Crippen MR) is 116 cm³/mol. The van der Waals surface area contributed by atoms with E-state index in [-0.39, 0.29) is 0 Å². The highest BCUT2D eigenvalue weighted by atomic mass is 16.5. The van der Waals surface area contributed by atoms with Gasteiger partial charge in [0.25, 0.3) is 0 Å². The molecule has 0 spiro atoms. The van der Waals surface area contributed by atoms with Crippen molar-refractivity contribution in [1.29, 1.82) is 0 Å². The lowest BCUT2D eigenvalue weighted by Crippen LogP contribution is -2.48. The van der Waals surface area contributed by atoms with Gasteiger partial charge in [-0.05, 0) is 44.4 Å². The van der Waals surface area contributed by atoms with Crippen molar-refractivity contribution in [2.45, 2.75) is 59.0 Å². The van der Waals surface area contributed by atoms with Crippen LogP contribution in [0.3, 0.4) is 0 Å². The molecule has 0 unspecified atom stereocenters. The second-order valence-electron chi connectivity index (χ2n) is 8.77. The number of hydrogen-bond donors (Lipinski definition) is 2. The summed E-state index contributed by atoms with van der Waals surface area (Å²) in [4.78, 5) is 7.27. The monoisotopic (exact) mass is 405 g/mol. The maximum absolute atomic E-state index is 5.44. The molecule has 164 valence electrons. The van der Waals surface area contributed by atoms with Gasteiger partial charge in [0, 0.05) is 39.3 Å². The van der Waals surface area contributed by atoms with Crippen molar-refractivity contribution in [3.05, 3.63) is 11.6 Å². The molecule has 0 bridgehead atoms. The van der Waals surface area contributed by atoms with Crippen LogP contribution in [0.1, 0.15) is 51.2 Å². The van der Waals surface area contributed by atoms with E-state index in [2.05, 4.69) is 39.6 Å². The van der Waals surface area contributed by atoms with E-state index in [1.165, 1.54) is 25.7 Å². The summed E-state index contributed by atoms with van der Waals surface area (Å²) in [6, 6.07) is 0.501. The molecule has 0 radical (unpaired) electrons. The van der Waals surface area contributed by atoms with E-state index in [9.17, 15) is 0 Å². The molecule has 3 rings (SSSR count). The lowest BCUT2D eigenvalue weighted by molar-refractivity contribution is 0.0389. The molecule has 1 aromatic rings. The lowest BCUT2D eigenvalue weighted by atomic mass is 9.80. The first-order valence-corrected chi connectivity index (χ1v) is 11.2. The van der Waals surface area contributed by atoms with Gasteiger partial charge in [-0.2, -0.15) is 0 Å². The quantitative estimate of drug-likeness (QED) is 0.531. The number of guanidine groups is 1. The summed E-state index contributed by atoms with van der Waals surface area (Å²) >= 11 is 0. The van der Waals surface area contributed by atoms with Gasteiger partial charge in [0.05, 0.1) is 13.2 Å². The van der Waals surface area contributed by atoms with Gasteiger partial charge in [-0.15, -0.1) is 10.2 Å². The van der Waals surface area contributed by atoms with Gasteiger partial charge in [-0.3, -0.25) is 4.90 Å². The zero-order valence-corrected chi connectivity index (χ0v) is 18.7. The van der Waals surface area contributed by atoms with Crippen molar-refractivity contribution in [2.24, 2.45) is 23.9 Å². The van der Waals surface area contributed by atoms with Crippen molar-refractivity contribution in [3.63, 3.8) is 0 Å². The van der Waals surface area contributed by atoms with E-state index in [0.717, 1.165) is 68.8 Å². The van der Waals surface area contributed by atoms with E-state index < -0.39 is 0 Å².